The van der Waals surface area contributed by atoms with Gasteiger partial charge in [0, 0.05) is 26.2 Å². The van der Waals surface area contributed by atoms with Gasteiger partial charge in [0.15, 0.2) is 11.9 Å². The third-order valence-electron chi connectivity index (χ3n) is 4.94. The highest BCUT2D eigenvalue weighted by Gasteiger charge is 2.16. The van der Waals surface area contributed by atoms with Gasteiger partial charge in [-0.3, -0.25) is 19.9 Å². The fraction of sp³-hybridized carbons (Fsp3) is 0.300. The Kier molecular flexibility index (Phi) is 8.37. The van der Waals surface area contributed by atoms with Gasteiger partial charge in [0.1, 0.15) is 0 Å². The van der Waals surface area contributed by atoms with Gasteiger partial charge >= 0.3 is 10.4 Å². The maximum atomic E-state index is 8.74. The van der Waals surface area contributed by atoms with Crippen molar-refractivity contribution in [1.82, 2.24) is 9.80 Å². The zero-order chi connectivity index (χ0) is 23.0. The van der Waals surface area contributed by atoms with Crippen LogP contribution in [-0.2, 0) is 36.3 Å². The molecule has 0 unspecified atom stereocenters. The molecule has 0 bridgehead atoms. The maximum Gasteiger partial charge on any atom is 0.394 e. The minimum atomic E-state index is -4.67. The van der Waals surface area contributed by atoms with Gasteiger partial charge in [0.05, 0.1) is 0 Å². The molecule has 0 aromatic heterocycles. The molecule has 0 aliphatic carbocycles. The van der Waals surface area contributed by atoms with Crippen LogP contribution in [0.3, 0.4) is 0 Å². The van der Waals surface area contributed by atoms with Crippen LogP contribution in [0.1, 0.15) is 22.3 Å². The zero-order valence-electron chi connectivity index (χ0n) is 17.0. The van der Waals surface area contributed by atoms with Gasteiger partial charge in [-0.15, -0.1) is 0 Å². The predicted molar refractivity (Wildman–Crippen MR) is 119 cm³/mol. The lowest BCUT2D eigenvalue weighted by molar-refractivity contribution is 0.381. The molecule has 4 rings (SSSR count). The van der Waals surface area contributed by atoms with Crippen LogP contribution in [0, 0.1) is 10.8 Å². The summed E-state index contributed by atoms with van der Waals surface area (Å²) in [4.78, 5) is 3.78. The molecule has 0 saturated heterocycles. The molecule has 11 heteroatoms. The Bertz CT molecular complexity index is 952. The van der Waals surface area contributed by atoms with Crippen molar-refractivity contribution in [2.75, 3.05) is 13.1 Å². The van der Waals surface area contributed by atoms with Crippen LogP contribution in [-0.4, -0.2) is 52.3 Å². The molecule has 0 fully saturated rings. The molecule has 2 heterocycles. The van der Waals surface area contributed by atoms with Crippen LogP contribution >= 0.6 is 0 Å². The molecule has 2 aromatic carbocycles. The molecular formula is C20H28N6O4S. The molecule has 0 radical (unpaired) electrons. The number of benzene rings is 2. The average Bonchev–Trinajstić information content (AvgIpc) is 2.72. The second-order valence-electron chi connectivity index (χ2n) is 7.10. The van der Waals surface area contributed by atoms with Crippen molar-refractivity contribution in [3.05, 3.63) is 70.8 Å². The van der Waals surface area contributed by atoms with Gasteiger partial charge in [-0.05, 0) is 35.1 Å². The Morgan fingerprint density at radius 3 is 1.32 bits per heavy atom. The number of nitrogens with two attached hydrogens (primary N) is 2. The third kappa shape index (κ3) is 8.24. The largest absolute Gasteiger partial charge is 0.394 e. The molecule has 2 aromatic rings. The van der Waals surface area contributed by atoms with Gasteiger partial charge in [-0.1, -0.05) is 48.5 Å². The Morgan fingerprint density at radius 2 is 1.03 bits per heavy atom. The van der Waals surface area contributed by atoms with Crippen molar-refractivity contribution in [2.24, 2.45) is 11.5 Å². The van der Waals surface area contributed by atoms with E-state index in [1.54, 1.807) is 0 Å². The second kappa shape index (κ2) is 10.8. The second-order valence-corrected chi connectivity index (χ2v) is 7.99. The molecule has 10 nitrogen and oxygen atoms in total. The van der Waals surface area contributed by atoms with Gasteiger partial charge < -0.3 is 21.3 Å². The number of nitrogens with one attached hydrogen (secondary N) is 2. The van der Waals surface area contributed by atoms with E-state index in [2.05, 4.69) is 36.4 Å². The minimum Gasteiger partial charge on any atom is -0.370 e. The van der Waals surface area contributed by atoms with E-state index < -0.39 is 10.4 Å². The van der Waals surface area contributed by atoms with E-state index >= 15 is 0 Å². The summed E-state index contributed by atoms with van der Waals surface area (Å²) in [5.41, 5.74) is 16.2. The Labute approximate surface area is 182 Å². The highest BCUT2D eigenvalue weighted by Crippen LogP contribution is 2.18. The number of hydrogen-bond donors (Lipinski definition) is 6. The topological polar surface area (TPSA) is 181 Å². The summed E-state index contributed by atoms with van der Waals surface area (Å²) in [6.45, 7) is 3.30. The van der Waals surface area contributed by atoms with Crippen molar-refractivity contribution in [1.29, 1.82) is 10.8 Å². The quantitative estimate of drug-likeness (QED) is 0.198. The lowest BCUT2D eigenvalue weighted by atomic mass is 10.0. The number of guanidine groups is 2. The first-order chi connectivity index (χ1) is 14.5. The normalized spacial score (nSPS) is 14.6. The van der Waals surface area contributed by atoms with Gasteiger partial charge in [-0.2, -0.15) is 8.42 Å². The number of hydrogen-bond acceptors (Lipinski definition) is 4. The summed E-state index contributed by atoms with van der Waals surface area (Å²) >= 11 is 0. The number of nitrogens with zero attached hydrogens (tertiary/aromatic N) is 2. The lowest BCUT2D eigenvalue weighted by Gasteiger charge is -2.28. The lowest BCUT2D eigenvalue weighted by Crippen LogP contribution is -2.39. The Hall–Kier alpha value is -3.15. The molecule has 8 N–H and O–H groups in total. The highest BCUT2D eigenvalue weighted by atomic mass is 32.3. The summed E-state index contributed by atoms with van der Waals surface area (Å²) in [6.07, 6.45) is 1.99. The van der Waals surface area contributed by atoms with Crippen LogP contribution in [0.25, 0.3) is 0 Å². The third-order valence-corrected chi connectivity index (χ3v) is 4.94. The molecule has 2 aliphatic heterocycles. The first-order valence-corrected chi connectivity index (χ1v) is 11.0. The van der Waals surface area contributed by atoms with E-state index in [9.17, 15) is 0 Å². The van der Waals surface area contributed by atoms with Gasteiger partial charge in [-0.25, -0.2) is 0 Å². The summed E-state index contributed by atoms with van der Waals surface area (Å²) in [5, 5.41) is 14.7. The molecular weight excluding hydrogens is 420 g/mol. The molecule has 168 valence electrons. The SMILES string of the molecule is N=C(N)N1CCc2ccccc2C1.N=C(N)N1CCc2ccccc2C1.O=S(=O)(O)O. The van der Waals surface area contributed by atoms with E-state index in [-0.39, 0.29) is 11.9 Å². The minimum absolute atomic E-state index is 0.175. The number of fused-ring (bicyclic) bond motifs is 2. The highest BCUT2D eigenvalue weighted by molar-refractivity contribution is 7.79. The van der Waals surface area contributed by atoms with E-state index in [1.165, 1.54) is 22.3 Å². The standard InChI is InChI=1S/2C10H13N3.H2O4S/c2*11-10(12)13-6-5-8-3-1-2-4-9(8)7-13;1-5(2,3)4/h2*1-4H,5-7H2,(H3,11,12);(H2,1,2,3,4). The Morgan fingerprint density at radius 1 is 0.742 bits per heavy atom. The first kappa shape index (κ1) is 24.1. The zero-order valence-corrected chi connectivity index (χ0v) is 17.8. The molecule has 0 atom stereocenters. The van der Waals surface area contributed by atoms with Gasteiger partial charge in [0.2, 0.25) is 0 Å². The van der Waals surface area contributed by atoms with Crippen molar-refractivity contribution < 1.29 is 17.5 Å². The van der Waals surface area contributed by atoms with Crippen molar-refractivity contribution >= 4 is 22.3 Å². The van der Waals surface area contributed by atoms with Crippen LogP contribution in [0.5, 0.6) is 0 Å². The fourth-order valence-corrected chi connectivity index (χ4v) is 3.40. The molecule has 0 spiro atoms. The van der Waals surface area contributed by atoms with Crippen LogP contribution < -0.4 is 11.5 Å². The smallest absolute Gasteiger partial charge is 0.370 e. The van der Waals surface area contributed by atoms with Crippen LogP contribution in [0.2, 0.25) is 0 Å². The molecule has 0 saturated carbocycles. The van der Waals surface area contributed by atoms with E-state index in [0.717, 1.165) is 39.0 Å². The maximum absolute atomic E-state index is 8.74. The summed E-state index contributed by atoms with van der Waals surface area (Å²) in [7, 11) is -4.67. The summed E-state index contributed by atoms with van der Waals surface area (Å²) in [5.74, 6) is 0.351. The van der Waals surface area contributed by atoms with Crippen molar-refractivity contribution in [3.8, 4) is 0 Å². The Balaban J connectivity index is 0.000000182. The molecule has 2 aliphatic rings. The van der Waals surface area contributed by atoms with Crippen molar-refractivity contribution in [3.63, 3.8) is 0 Å². The van der Waals surface area contributed by atoms with Crippen molar-refractivity contribution in [2.45, 2.75) is 25.9 Å². The molecule has 0 amide bonds. The summed E-state index contributed by atoms with van der Waals surface area (Å²) < 4.78 is 31.6. The summed E-state index contributed by atoms with van der Waals surface area (Å²) in [6, 6.07) is 16.7. The first-order valence-electron chi connectivity index (χ1n) is 9.56. The monoisotopic (exact) mass is 448 g/mol. The molecule has 31 heavy (non-hydrogen) atoms. The fourth-order valence-electron chi connectivity index (χ4n) is 3.40. The van der Waals surface area contributed by atoms with E-state index in [1.807, 2.05) is 21.9 Å². The van der Waals surface area contributed by atoms with E-state index in [0.29, 0.717) is 0 Å². The number of rotatable bonds is 0. The van der Waals surface area contributed by atoms with Crippen LogP contribution in [0.15, 0.2) is 48.5 Å². The predicted octanol–water partition coefficient (Wildman–Crippen LogP) is 1.22. The van der Waals surface area contributed by atoms with Gasteiger partial charge in [0.25, 0.3) is 0 Å². The van der Waals surface area contributed by atoms with Crippen LogP contribution in [0.4, 0.5) is 0 Å². The average molecular weight is 449 g/mol. The van der Waals surface area contributed by atoms with E-state index in [4.69, 9.17) is 39.8 Å².